The third kappa shape index (κ3) is 4.92. The minimum atomic E-state index is -0.154. The van der Waals surface area contributed by atoms with Gasteiger partial charge >= 0.3 is 0 Å². The minimum Gasteiger partial charge on any atom is -0.355 e. The molecular formula is C10H19N3O2. The highest BCUT2D eigenvalue weighted by Gasteiger charge is 2.02. The molecule has 0 atom stereocenters. The quantitative estimate of drug-likeness (QED) is 0.504. The summed E-state index contributed by atoms with van der Waals surface area (Å²) in [7, 11) is 3.28. The average Bonchev–Trinajstić information content (AvgIpc) is 2.76. The van der Waals surface area contributed by atoms with Gasteiger partial charge in [-0.2, -0.15) is 0 Å². The molecule has 0 amide bonds. The molecule has 5 heteroatoms. The zero-order valence-corrected chi connectivity index (χ0v) is 9.35. The van der Waals surface area contributed by atoms with Gasteiger partial charge in [0.2, 0.25) is 0 Å². The largest absolute Gasteiger partial charge is 0.355 e. The van der Waals surface area contributed by atoms with E-state index in [0.717, 1.165) is 26.1 Å². The molecule has 0 bridgehead atoms. The molecule has 0 saturated heterocycles. The van der Waals surface area contributed by atoms with Crippen molar-refractivity contribution < 1.29 is 9.47 Å². The van der Waals surface area contributed by atoms with E-state index in [9.17, 15) is 0 Å². The van der Waals surface area contributed by atoms with Crippen molar-refractivity contribution in [1.29, 1.82) is 0 Å². The van der Waals surface area contributed by atoms with Crippen LogP contribution in [0.15, 0.2) is 18.7 Å². The smallest absolute Gasteiger partial charge is 0.169 e. The van der Waals surface area contributed by atoms with E-state index in [4.69, 9.17) is 9.47 Å². The molecule has 0 aromatic carbocycles. The van der Waals surface area contributed by atoms with Crippen molar-refractivity contribution in [2.75, 3.05) is 27.3 Å². The molecule has 0 aliphatic heterocycles. The van der Waals surface area contributed by atoms with Crippen LogP contribution < -0.4 is 5.32 Å². The normalized spacial score (nSPS) is 11.1. The van der Waals surface area contributed by atoms with E-state index in [0.29, 0.717) is 0 Å². The third-order valence-corrected chi connectivity index (χ3v) is 2.17. The van der Waals surface area contributed by atoms with Crippen molar-refractivity contribution in [2.45, 2.75) is 19.3 Å². The van der Waals surface area contributed by atoms with Crippen molar-refractivity contribution in [3.8, 4) is 0 Å². The fourth-order valence-corrected chi connectivity index (χ4v) is 1.29. The van der Waals surface area contributed by atoms with Crippen LogP contribution >= 0.6 is 0 Å². The van der Waals surface area contributed by atoms with Gasteiger partial charge in [0.15, 0.2) is 6.29 Å². The molecule has 1 heterocycles. The standard InChI is InChI=1S/C10H19N3O2/c1-14-10(15-2)8-11-4-3-6-13-7-5-12-9-13/h5,7,9-11H,3-4,6,8H2,1-2H3. The Labute approximate surface area is 90.4 Å². The monoisotopic (exact) mass is 213 g/mol. The van der Waals surface area contributed by atoms with Crippen molar-refractivity contribution in [2.24, 2.45) is 0 Å². The first-order chi connectivity index (χ1) is 7.36. The number of aromatic nitrogens is 2. The second-order valence-electron chi connectivity index (χ2n) is 3.26. The molecule has 1 N–H and O–H groups in total. The lowest BCUT2D eigenvalue weighted by Gasteiger charge is -2.13. The number of hydrogen-bond donors (Lipinski definition) is 1. The molecule has 0 spiro atoms. The second-order valence-corrected chi connectivity index (χ2v) is 3.26. The zero-order valence-electron chi connectivity index (χ0n) is 9.35. The fraction of sp³-hybridized carbons (Fsp3) is 0.700. The Bertz CT molecular complexity index is 235. The first-order valence-corrected chi connectivity index (χ1v) is 5.09. The Morgan fingerprint density at radius 3 is 2.80 bits per heavy atom. The van der Waals surface area contributed by atoms with Gasteiger partial charge in [0.05, 0.1) is 6.33 Å². The summed E-state index contributed by atoms with van der Waals surface area (Å²) in [6.45, 7) is 2.65. The van der Waals surface area contributed by atoms with Crippen molar-refractivity contribution in [3.05, 3.63) is 18.7 Å². The van der Waals surface area contributed by atoms with Crippen LogP contribution in [0.25, 0.3) is 0 Å². The predicted molar refractivity (Wildman–Crippen MR) is 57.5 cm³/mol. The third-order valence-electron chi connectivity index (χ3n) is 2.17. The second kappa shape index (κ2) is 7.39. The molecule has 15 heavy (non-hydrogen) atoms. The van der Waals surface area contributed by atoms with Gasteiger partial charge in [0.1, 0.15) is 0 Å². The van der Waals surface area contributed by atoms with E-state index in [1.54, 1.807) is 20.4 Å². The highest BCUT2D eigenvalue weighted by atomic mass is 16.7. The Hall–Kier alpha value is -0.910. The molecule has 1 aromatic heterocycles. The van der Waals surface area contributed by atoms with Crippen LogP contribution in [0.3, 0.4) is 0 Å². The number of nitrogens with zero attached hydrogens (tertiary/aromatic N) is 2. The van der Waals surface area contributed by atoms with Crippen LogP contribution in [0.4, 0.5) is 0 Å². The summed E-state index contributed by atoms with van der Waals surface area (Å²) < 4.78 is 12.2. The summed E-state index contributed by atoms with van der Waals surface area (Å²) >= 11 is 0. The van der Waals surface area contributed by atoms with Crippen LogP contribution in [-0.2, 0) is 16.0 Å². The first kappa shape index (κ1) is 12.2. The van der Waals surface area contributed by atoms with E-state index in [1.165, 1.54) is 0 Å². The lowest BCUT2D eigenvalue weighted by atomic mass is 10.4. The van der Waals surface area contributed by atoms with Gasteiger partial charge < -0.3 is 19.4 Å². The molecule has 86 valence electrons. The van der Waals surface area contributed by atoms with Crippen LogP contribution in [0.5, 0.6) is 0 Å². The number of nitrogens with one attached hydrogen (secondary N) is 1. The Morgan fingerprint density at radius 1 is 1.40 bits per heavy atom. The number of aryl methyl sites for hydroxylation is 1. The van der Waals surface area contributed by atoms with Crippen LogP contribution in [0.1, 0.15) is 6.42 Å². The number of rotatable bonds is 8. The first-order valence-electron chi connectivity index (χ1n) is 5.09. The molecule has 0 aliphatic rings. The Balaban J connectivity index is 1.97. The molecule has 1 aromatic rings. The average molecular weight is 213 g/mol. The molecule has 0 unspecified atom stereocenters. The fourth-order valence-electron chi connectivity index (χ4n) is 1.29. The molecule has 0 radical (unpaired) electrons. The van der Waals surface area contributed by atoms with Crippen molar-refractivity contribution >= 4 is 0 Å². The van der Waals surface area contributed by atoms with Crippen LogP contribution in [-0.4, -0.2) is 43.2 Å². The Kier molecular flexibility index (Phi) is 5.99. The number of hydrogen-bond acceptors (Lipinski definition) is 4. The number of ether oxygens (including phenoxy) is 2. The van der Waals surface area contributed by atoms with E-state index in [2.05, 4.69) is 14.9 Å². The number of methoxy groups -OCH3 is 2. The lowest BCUT2D eigenvalue weighted by molar-refractivity contribution is -0.0986. The molecule has 1 rings (SSSR count). The van der Waals surface area contributed by atoms with Gasteiger partial charge in [-0.1, -0.05) is 0 Å². The van der Waals surface area contributed by atoms with Gasteiger partial charge in [-0.25, -0.2) is 4.98 Å². The minimum absolute atomic E-state index is 0.154. The Morgan fingerprint density at radius 2 is 2.20 bits per heavy atom. The van der Waals surface area contributed by atoms with Crippen LogP contribution in [0.2, 0.25) is 0 Å². The van der Waals surface area contributed by atoms with Gasteiger partial charge in [-0.05, 0) is 13.0 Å². The summed E-state index contributed by atoms with van der Waals surface area (Å²) in [6, 6.07) is 0. The maximum atomic E-state index is 5.05. The van der Waals surface area contributed by atoms with Gasteiger partial charge in [-0.15, -0.1) is 0 Å². The summed E-state index contributed by atoms with van der Waals surface area (Å²) in [6.07, 6.45) is 6.49. The SMILES string of the molecule is COC(CNCCCn1ccnc1)OC. The van der Waals surface area contributed by atoms with Crippen molar-refractivity contribution in [3.63, 3.8) is 0 Å². The molecular weight excluding hydrogens is 194 g/mol. The maximum absolute atomic E-state index is 5.05. The summed E-state index contributed by atoms with van der Waals surface area (Å²) in [5.41, 5.74) is 0. The molecule has 0 aliphatic carbocycles. The van der Waals surface area contributed by atoms with Gasteiger partial charge in [-0.3, -0.25) is 0 Å². The van der Waals surface area contributed by atoms with Crippen molar-refractivity contribution in [1.82, 2.24) is 14.9 Å². The van der Waals surface area contributed by atoms with E-state index >= 15 is 0 Å². The molecule has 5 nitrogen and oxygen atoms in total. The van der Waals surface area contributed by atoms with Gasteiger partial charge in [0, 0.05) is 39.7 Å². The van der Waals surface area contributed by atoms with E-state index in [1.807, 2.05) is 12.5 Å². The maximum Gasteiger partial charge on any atom is 0.169 e. The zero-order chi connectivity index (χ0) is 10.9. The molecule has 0 saturated carbocycles. The predicted octanol–water partition coefficient (Wildman–Crippen LogP) is 0.482. The summed E-state index contributed by atoms with van der Waals surface area (Å²) in [5, 5.41) is 3.27. The molecule has 0 fully saturated rings. The van der Waals surface area contributed by atoms with Gasteiger partial charge in [0.25, 0.3) is 0 Å². The summed E-state index contributed by atoms with van der Waals surface area (Å²) in [4.78, 5) is 3.98. The lowest BCUT2D eigenvalue weighted by Crippen LogP contribution is -2.30. The summed E-state index contributed by atoms with van der Waals surface area (Å²) in [5.74, 6) is 0. The van der Waals surface area contributed by atoms with E-state index in [-0.39, 0.29) is 6.29 Å². The highest BCUT2D eigenvalue weighted by molar-refractivity contribution is 4.73. The highest BCUT2D eigenvalue weighted by Crippen LogP contribution is 1.90. The number of imidazole rings is 1. The topological polar surface area (TPSA) is 48.3 Å². The van der Waals surface area contributed by atoms with E-state index < -0.39 is 0 Å². The van der Waals surface area contributed by atoms with Crippen LogP contribution in [0, 0.1) is 0 Å².